The van der Waals surface area contributed by atoms with E-state index in [0.717, 1.165) is 18.4 Å². The Kier molecular flexibility index (Phi) is 6.19. The molecule has 0 spiro atoms. The van der Waals surface area contributed by atoms with Gasteiger partial charge in [0.05, 0.1) is 19.1 Å². The number of nitrogens with zero attached hydrogens (tertiary/aromatic N) is 1. The lowest BCUT2D eigenvalue weighted by atomic mass is 10.1. The molecule has 2 aromatic carbocycles. The van der Waals surface area contributed by atoms with E-state index in [1.165, 1.54) is 0 Å². The number of rotatable bonds is 7. The van der Waals surface area contributed by atoms with Crippen molar-refractivity contribution in [1.29, 1.82) is 5.26 Å². The molecule has 0 unspecified atom stereocenters. The third-order valence-electron chi connectivity index (χ3n) is 3.36. The molecule has 2 aromatic rings. The van der Waals surface area contributed by atoms with Crippen LogP contribution in [0.5, 0.6) is 5.75 Å². The van der Waals surface area contributed by atoms with Gasteiger partial charge in [0, 0.05) is 11.3 Å². The van der Waals surface area contributed by atoms with Gasteiger partial charge in [-0.15, -0.1) is 0 Å². The monoisotopic (exact) mass is 308 g/mol. The highest BCUT2D eigenvalue weighted by molar-refractivity contribution is 6.04. The fourth-order valence-corrected chi connectivity index (χ4v) is 2.06. The molecule has 0 saturated carbocycles. The van der Waals surface area contributed by atoms with Gasteiger partial charge in [-0.3, -0.25) is 4.79 Å². The van der Waals surface area contributed by atoms with Crippen LogP contribution in [0.3, 0.4) is 0 Å². The molecular weight excluding hydrogens is 288 g/mol. The first-order valence-electron chi connectivity index (χ1n) is 7.73. The predicted octanol–water partition coefficient (Wildman–Crippen LogP) is 4.18. The Labute approximate surface area is 136 Å². The molecule has 4 nitrogen and oxygen atoms in total. The molecule has 0 aliphatic rings. The summed E-state index contributed by atoms with van der Waals surface area (Å²) in [7, 11) is 0. The van der Waals surface area contributed by atoms with E-state index in [4.69, 9.17) is 10.00 Å². The van der Waals surface area contributed by atoms with E-state index in [1.807, 2.05) is 24.3 Å². The number of benzene rings is 2. The number of nitriles is 1. The molecular formula is C19H20N2O2. The topological polar surface area (TPSA) is 62.1 Å². The Balaban J connectivity index is 1.99. The van der Waals surface area contributed by atoms with Crippen molar-refractivity contribution in [2.75, 3.05) is 11.9 Å². The fourth-order valence-electron chi connectivity index (χ4n) is 2.06. The highest BCUT2D eigenvalue weighted by Crippen LogP contribution is 2.16. The molecule has 118 valence electrons. The molecule has 1 N–H and O–H groups in total. The molecule has 0 aliphatic carbocycles. The van der Waals surface area contributed by atoms with Crippen LogP contribution in [0.1, 0.15) is 35.7 Å². The fraction of sp³-hybridized carbons (Fsp3) is 0.263. The number of amides is 1. The van der Waals surface area contributed by atoms with Gasteiger partial charge in [-0.25, -0.2) is 0 Å². The van der Waals surface area contributed by atoms with E-state index < -0.39 is 0 Å². The lowest BCUT2D eigenvalue weighted by molar-refractivity contribution is 0.102. The molecule has 0 radical (unpaired) electrons. The summed E-state index contributed by atoms with van der Waals surface area (Å²) in [6, 6.07) is 16.5. The Morgan fingerprint density at radius 2 is 2.00 bits per heavy atom. The zero-order valence-corrected chi connectivity index (χ0v) is 13.2. The number of nitrogens with one attached hydrogen (secondary N) is 1. The van der Waals surface area contributed by atoms with Crippen molar-refractivity contribution in [1.82, 2.24) is 0 Å². The first-order valence-corrected chi connectivity index (χ1v) is 7.73. The molecule has 23 heavy (non-hydrogen) atoms. The quantitative estimate of drug-likeness (QED) is 0.780. The largest absolute Gasteiger partial charge is 0.494 e. The standard InChI is InChI=1S/C19H20N2O2/c1-2-3-13-23-18-6-4-5-16(14-18)19(22)21-17-9-7-15(8-10-17)11-12-20/h4-10,14H,2-3,11,13H2,1H3,(H,21,22). The average Bonchev–Trinajstić information content (AvgIpc) is 2.57. The smallest absolute Gasteiger partial charge is 0.255 e. The molecule has 0 bridgehead atoms. The van der Waals surface area contributed by atoms with Crippen LogP contribution >= 0.6 is 0 Å². The van der Waals surface area contributed by atoms with E-state index in [0.29, 0.717) is 30.0 Å². The zero-order chi connectivity index (χ0) is 16.5. The summed E-state index contributed by atoms with van der Waals surface area (Å²) >= 11 is 0. The van der Waals surface area contributed by atoms with E-state index in [2.05, 4.69) is 18.3 Å². The van der Waals surface area contributed by atoms with Crippen molar-refractivity contribution < 1.29 is 9.53 Å². The summed E-state index contributed by atoms with van der Waals surface area (Å²) in [4.78, 5) is 12.3. The van der Waals surface area contributed by atoms with Gasteiger partial charge in [-0.1, -0.05) is 31.5 Å². The highest BCUT2D eigenvalue weighted by atomic mass is 16.5. The number of anilines is 1. The third kappa shape index (κ3) is 5.15. The third-order valence-corrected chi connectivity index (χ3v) is 3.36. The minimum Gasteiger partial charge on any atom is -0.494 e. The molecule has 0 aliphatic heterocycles. The maximum Gasteiger partial charge on any atom is 0.255 e. The Morgan fingerprint density at radius 1 is 1.22 bits per heavy atom. The maximum atomic E-state index is 12.3. The number of carbonyl (C=O) groups excluding carboxylic acids is 1. The Morgan fingerprint density at radius 3 is 2.70 bits per heavy atom. The van der Waals surface area contributed by atoms with Crippen LogP contribution in [0, 0.1) is 11.3 Å². The number of unbranched alkanes of at least 4 members (excludes halogenated alkanes) is 1. The zero-order valence-electron chi connectivity index (χ0n) is 13.2. The van der Waals surface area contributed by atoms with Crippen molar-refractivity contribution in [3.8, 4) is 11.8 Å². The van der Waals surface area contributed by atoms with Crippen LogP contribution in [0.2, 0.25) is 0 Å². The van der Waals surface area contributed by atoms with Gasteiger partial charge >= 0.3 is 0 Å². The lowest BCUT2D eigenvalue weighted by Gasteiger charge is -2.09. The van der Waals surface area contributed by atoms with Crippen LogP contribution in [-0.2, 0) is 6.42 Å². The predicted molar refractivity (Wildman–Crippen MR) is 90.6 cm³/mol. The van der Waals surface area contributed by atoms with Gasteiger partial charge in [0.15, 0.2) is 0 Å². The van der Waals surface area contributed by atoms with E-state index >= 15 is 0 Å². The molecule has 2 rings (SSSR count). The second-order valence-electron chi connectivity index (χ2n) is 5.22. The van der Waals surface area contributed by atoms with Gasteiger partial charge in [0.2, 0.25) is 0 Å². The first kappa shape index (κ1) is 16.6. The summed E-state index contributed by atoms with van der Waals surface area (Å²) in [6.45, 7) is 2.76. The van der Waals surface area contributed by atoms with E-state index in [-0.39, 0.29) is 5.91 Å². The second-order valence-corrected chi connectivity index (χ2v) is 5.22. The molecule has 4 heteroatoms. The molecule has 0 aromatic heterocycles. The van der Waals surface area contributed by atoms with Crippen LogP contribution in [0.4, 0.5) is 5.69 Å². The summed E-state index contributed by atoms with van der Waals surface area (Å²) in [5.41, 5.74) is 2.19. The van der Waals surface area contributed by atoms with Gasteiger partial charge < -0.3 is 10.1 Å². The average molecular weight is 308 g/mol. The lowest BCUT2D eigenvalue weighted by Crippen LogP contribution is -2.12. The first-order chi connectivity index (χ1) is 11.2. The minimum absolute atomic E-state index is 0.182. The van der Waals surface area contributed by atoms with Crippen LogP contribution in [-0.4, -0.2) is 12.5 Å². The molecule has 0 fully saturated rings. The number of carbonyl (C=O) groups is 1. The summed E-state index contributed by atoms with van der Waals surface area (Å²) in [5, 5.41) is 11.5. The molecule has 0 saturated heterocycles. The molecule has 1 amide bonds. The number of ether oxygens (including phenoxy) is 1. The van der Waals surface area contributed by atoms with Crippen molar-refractivity contribution in [3.05, 3.63) is 59.7 Å². The number of hydrogen-bond acceptors (Lipinski definition) is 3. The van der Waals surface area contributed by atoms with E-state index in [1.54, 1.807) is 24.3 Å². The van der Waals surface area contributed by atoms with Gasteiger partial charge in [0.25, 0.3) is 5.91 Å². The van der Waals surface area contributed by atoms with Crippen LogP contribution in [0.25, 0.3) is 0 Å². The van der Waals surface area contributed by atoms with Crippen molar-refractivity contribution >= 4 is 11.6 Å². The van der Waals surface area contributed by atoms with Crippen molar-refractivity contribution in [2.24, 2.45) is 0 Å². The maximum absolute atomic E-state index is 12.3. The summed E-state index contributed by atoms with van der Waals surface area (Å²) in [6.07, 6.45) is 2.43. The van der Waals surface area contributed by atoms with Crippen molar-refractivity contribution in [2.45, 2.75) is 26.2 Å². The van der Waals surface area contributed by atoms with Gasteiger partial charge in [0.1, 0.15) is 5.75 Å². The van der Waals surface area contributed by atoms with Gasteiger partial charge in [-0.2, -0.15) is 5.26 Å². The highest BCUT2D eigenvalue weighted by Gasteiger charge is 2.07. The molecule has 0 heterocycles. The van der Waals surface area contributed by atoms with Gasteiger partial charge in [-0.05, 0) is 42.3 Å². The normalized spacial score (nSPS) is 9.91. The minimum atomic E-state index is -0.182. The molecule has 0 atom stereocenters. The van der Waals surface area contributed by atoms with Crippen molar-refractivity contribution in [3.63, 3.8) is 0 Å². The summed E-state index contributed by atoms with van der Waals surface area (Å²) < 4.78 is 5.62. The van der Waals surface area contributed by atoms with E-state index in [9.17, 15) is 4.79 Å². The second kappa shape index (κ2) is 8.60. The summed E-state index contributed by atoms with van der Waals surface area (Å²) in [5.74, 6) is 0.523. The van der Waals surface area contributed by atoms with Crippen LogP contribution < -0.4 is 10.1 Å². The number of hydrogen-bond donors (Lipinski definition) is 1. The SMILES string of the molecule is CCCCOc1cccc(C(=O)Nc2ccc(CC#N)cc2)c1. The Bertz CT molecular complexity index is 687. The Hall–Kier alpha value is -2.80. The van der Waals surface area contributed by atoms with Crippen LogP contribution in [0.15, 0.2) is 48.5 Å².